The van der Waals surface area contributed by atoms with Gasteiger partial charge in [-0.15, -0.1) is 0 Å². The molecule has 0 heterocycles. The fraction of sp³-hybridized carbons (Fsp3) is 0.440. The summed E-state index contributed by atoms with van der Waals surface area (Å²) in [6.45, 7) is 7.61. The van der Waals surface area contributed by atoms with Crippen molar-refractivity contribution in [2.75, 3.05) is 0 Å². The summed E-state index contributed by atoms with van der Waals surface area (Å²) in [7, 11) is 0. The molecular formula is C25H31F3N2O3. The van der Waals surface area contributed by atoms with Crippen molar-refractivity contribution in [3.8, 4) is 11.1 Å². The molecule has 0 saturated heterocycles. The van der Waals surface area contributed by atoms with Gasteiger partial charge in [0.05, 0.1) is 0 Å². The van der Waals surface area contributed by atoms with Crippen LogP contribution in [-0.4, -0.2) is 29.2 Å². The quantitative estimate of drug-likeness (QED) is 0.548. The Kier molecular flexibility index (Phi) is 8.66. The van der Waals surface area contributed by atoms with Gasteiger partial charge in [0.25, 0.3) is 0 Å². The number of carbonyl (C=O) groups excluding carboxylic acids is 1. The number of amides is 1. The number of hydrogen-bond donors (Lipinski definition) is 3. The molecule has 0 aromatic heterocycles. The van der Waals surface area contributed by atoms with Crippen molar-refractivity contribution < 1.29 is 27.9 Å². The first-order chi connectivity index (χ1) is 15.3. The Hall–Kier alpha value is -2.87. The largest absolute Gasteiger partial charge is 0.490 e. The fourth-order valence-corrected chi connectivity index (χ4v) is 3.88. The van der Waals surface area contributed by atoms with Crippen molar-refractivity contribution in [1.29, 1.82) is 0 Å². The molecule has 0 atom stereocenters. The number of nitrogens with two attached hydrogens (primary N) is 1. The van der Waals surface area contributed by atoms with Crippen molar-refractivity contribution in [2.45, 2.75) is 65.2 Å². The number of halogens is 3. The molecule has 1 aliphatic carbocycles. The molecule has 3 rings (SSSR count). The van der Waals surface area contributed by atoms with Crippen LogP contribution in [0.4, 0.5) is 13.2 Å². The molecule has 33 heavy (non-hydrogen) atoms. The summed E-state index contributed by atoms with van der Waals surface area (Å²) >= 11 is 0. The van der Waals surface area contributed by atoms with E-state index in [9.17, 15) is 18.0 Å². The summed E-state index contributed by atoms with van der Waals surface area (Å²) in [6.07, 6.45) is 0.0620. The van der Waals surface area contributed by atoms with Crippen LogP contribution in [0.25, 0.3) is 11.1 Å². The highest BCUT2D eigenvalue weighted by molar-refractivity contribution is 5.96. The van der Waals surface area contributed by atoms with E-state index in [1.807, 2.05) is 19.1 Å². The van der Waals surface area contributed by atoms with Gasteiger partial charge in [0.2, 0.25) is 5.91 Å². The van der Waals surface area contributed by atoms with Crippen molar-refractivity contribution in [3.63, 3.8) is 0 Å². The van der Waals surface area contributed by atoms with E-state index in [1.165, 1.54) is 31.2 Å². The molecule has 2 aromatic carbocycles. The lowest BCUT2D eigenvalue weighted by Crippen LogP contribution is -2.35. The Labute approximate surface area is 192 Å². The normalized spacial score (nSPS) is 15.9. The maximum atomic E-state index is 11.5. The number of alkyl halides is 3. The van der Waals surface area contributed by atoms with E-state index >= 15 is 0 Å². The molecule has 5 nitrogen and oxygen atoms in total. The first-order valence-electron chi connectivity index (χ1n) is 10.8. The Morgan fingerprint density at radius 2 is 1.64 bits per heavy atom. The van der Waals surface area contributed by atoms with Gasteiger partial charge in [-0.1, -0.05) is 50.2 Å². The number of aliphatic carboxylic acids is 1. The van der Waals surface area contributed by atoms with Gasteiger partial charge in [-0.25, -0.2) is 4.79 Å². The predicted molar refractivity (Wildman–Crippen MR) is 122 cm³/mol. The Balaban J connectivity index is 0.000000479. The highest BCUT2D eigenvalue weighted by Gasteiger charge is 2.38. The molecule has 1 amide bonds. The second kappa shape index (κ2) is 10.8. The van der Waals surface area contributed by atoms with Crippen molar-refractivity contribution in [3.05, 3.63) is 59.2 Å². The smallest absolute Gasteiger partial charge is 0.475 e. The zero-order chi connectivity index (χ0) is 24.8. The van der Waals surface area contributed by atoms with Crippen LogP contribution in [0.2, 0.25) is 0 Å². The van der Waals surface area contributed by atoms with Gasteiger partial charge in [0.15, 0.2) is 0 Å². The molecule has 0 bridgehead atoms. The minimum Gasteiger partial charge on any atom is -0.475 e. The standard InChI is InChI=1S/C23H30N2O.C2HF3O2/c1-16-20(5-4-6-21(16)22(24)26)18-9-7-17(8-10-18)15-25-19-11-13-23(2,3)14-12-19;3-2(4,5)1(6)7/h4-10,19,25H,11-15H2,1-3H3,(H2,24,26);(H,6,7). The van der Waals surface area contributed by atoms with Crippen molar-refractivity contribution >= 4 is 11.9 Å². The van der Waals surface area contributed by atoms with E-state index in [0.29, 0.717) is 17.0 Å². The van der Waals surface area contributed by atoms with Gasteiger partial charge in [-0.2, -0.15) is 13.2 Å². The van der Waals surface area contributed by atoms with E-state index in [2.05, 4.69) is 43.4 Å². The average Bonchev–Trinajstić information content (AvgIpc) is 2.73. The summed E-state index contributed by atoms with van der Waals surface area (Å²) in [5.74, 6) is -3.13. The second-order valence-electron chi connectivity index (χ2n) is 9.16. The van der Waals surface area contributed by atoms with E-state index < -0.39 is 12.1 Å². The zero-order valence-electron chi connectivity index (χ0n) is 19.1. The van der Waals surface area contributed by atoms with Crippen LogP contribution >= 0.6 is 0 Å². The Morgan fingerprint density at radius 1 is 1.09 bits per heavy atom. The number of carbonyl (C=O) groups is 2. The Bertz CT molecular complexity index is 960. The maximum absolute atomic E-state index is 11.5. The minimum absolute atomic E-state index is 0.374. The van der Waals surface area contributed by atoms with Gasteiger partial charge < -0.3 is 16.2 Å². The third-order valence-corrected chi connectivity index (χ3v) is 6.04. The predicted octanol–water partition coefficient (Wildman–Crippen LogP) is 5.45. The van der Waals surface area contributed by atoms with E-state index in [1.54, 1.807) is 6.07 Å². The van der Waals surface area contributed by atoms with Crippen LogP contribution in [-0.2, 0) is 11.3 Å². The molecule has 0 unspecified atom stereocenters. The summed E-state index contributed by atoms with van der Waals surface area (Å²) in [5, 5.41) is 10.8. The third-order valence-electron chi connectivity index (χ3n) is 6.04. The van der Waals surface area contributed by atoms with Crippen molar-refractivity contribution in [2.24, 2.45) is 11.1 Å². The molecule has 8 heteroatoms. The van der Waals surface area contributed by atoms with Crippen LogP contribution < -0.4 is 11.1 Å². The summed E-state index contributed by atoms with van der Waals surface area (Å²) in [5.41, 5.74) is 11.0. The van der Waals surface area contributed by atoms with Gasteiger partial charge >= 0.3 is 12.1 Å². The number of primary amides is 1. The number of benzene rings is 2. The highest BCUT2D eigenvalue weighted by atomic mass is 19.4. The molecule has 0 aliphatic heterocycles. The monoisotopic (exact) mass is 464 g/mol. The summed E-state index contributed by atoms with van der Waals surface area (Å²) in [6, 6.07) is 15.0. The lowest BCUT2D eigenvalue weighted by atomic mass is 9.75. The average molecular weight is 465 g/mol. The number of carboxylic acids is 1. The van der Waals surface area contributed by atoms with E-state index in [-0.39, 0.29) is 5.91 Å². The molecule has 0 radical (unpaired) electrons. The van der Waals surface area contributed by atoms with Crippen LogP contribution in [0.5, 0.6) is 0 Å². The molecule has 180 valence electrons. The van der Waals surface area contributed by atoms with Gasteiger partial charge in [-0.3, -0.25) is 4.79 Å². The van der Waals surface area contributed by atoms with Crippen molar-refractivity contribution in [1.82, 2.24) is 5.32 Å². The molecule has 0 spiro atoms. The molecule has 2 aromatic rings. The second-order valence-corrected chi connectivity index (χ2v) is 9.16. The third kappa shape index (κ3) is 7.89. The number of rotatable bonds is 5. The lowest BCUT2D eigenvalue weighted by Gasteiger charge is -2.34. The van der Waals surface area contributed by atoms with Crippen LogP contribution in [0, 0.1) is 12.3 Å². The molecular weight excluding hydrogens is 433 g/mol. The minimum atomic E-state index is -5.08. The SMILES string of the molecule is Cc1c(C(N)=O)cccc1-c1ccc(CNC2CCC(C)(C)CC2)cc1.O=C(O)C(F)(F)F. The van der Waals surface area contributed by atoms with Gasteiger partial charge in [0, 0.05) is 18.2 Å². The zero-order valence-corrected chi connectivity index (χ0v) is 19.1. The number of nitrogens with one attached hydrogen (secondary N) is 1. The molecule has 1 saturated carbocycles. The Morgan fingerprint density at radius 3 is 2.12 bits per heavy atom. The first kappa shape index (κ1) is 26.4. The molecule has 1 fully saturated rings. The van der Waals surface area contributed by atoms with Crippen LogP contribution in [0.1, 0.15) is 61.0 Å². The number of carboxylic acid groups (broad SMARTS) is 1. The topological polar surface area (TPSA) is 92.4 Å². The number of hydrogen-bond acceptors (Lipinski definition) is 3. The maximum Gasteiger partial charge on any atom is 0.490 e. The lowest BCUT2D eigenvalue weighted by molar-refractivity contribution is -0.192. The van der Waals surface area contributed by atoms with Gasteiger partial charge in [-0.05, 0) is 66.3 Å². The van der Waals surface area contributed by atoms with Gasteiger partial charge in [0.1, 0.15) is 0 Å². The summed E-state index contributed by atoms with van der Waals surface area (Å²) in [4.78, 5) is 20.4. The van der Waals surface area contributed by atoms with Crippen LogP contribution in [0.3, 0.4) is 0 Å². The highest BCUT2D eigenvalue weighted by Crippen LogP contribution is 2.35. The van der Waals surface area contributed by atoms with Crippen LogP contribution in [0.15, 0.2) is 42.5 Å². The molecule has 4 N–H and O–H groups in total. The molecule has 1 aliphatic rings. The van der Waals surface area contributed by atoms with E-state index in [0.717, 1.165) is 23.2 Å². The fourth-order valence-electron chi connectivity index (χ4n) is 3.88. The van der Waals surface area contributed by atoms with E-state index in [4.69, 9.17) is 15.6 Å². The first-order valence-corrected chi connectivity index (χ1v) is 10.8. The summed E-state index contributed by atoms with van der Waals surface area (Å²) < 4.78 is 31.7.